The molecule has 0 saturated carbocycles. The van der Waals surface area contributed by atoms with Gasteiger partial charge in [-0.15, -0.1) is 0 Å². The van der Waals surface area contributed by atoms with Gasteiger partial charge in [0, 0.05) is 6.21 Å². The zero-order chi connectivity index (χ0) is 8.97. The van der Waals surface area contributed by atoms with Gasteiger partial charge in [-0.3, -0.25) is 4.79 Å². The van der Waals surface area contributed by atoms with Crippen molar-refractivity contribution in [3.63, 3.8) is 0 Å². The van der Waals surface area contributed by atoms with Crippen molar-refractivity contribution >= 4 is 11.9 Å². The summed E-state index contributed by atoms with van der Waals surface area (Å²) in [4.78, 5) is 21.3. The number of aryl methyl sites for hydroxylation is 1. The minimum atomic E-state index is -0.236. The summed E-state index contributed by atoms with van der Waals surface area (Å²) in [5.41, 5.74) is 0.704. The lowest BCUT2D eigenvalue weighted by atomic mass is 10.4. The topological polar surface area (TPSA) is 58.1 Å². The second-order valence-corrected chi connectivity index (χ2v) is 2.18. The molecule has 0 aliphatic carbocycles. The van der Waals surface area contributed by atoms with E-state index in [-0.39, 0.29) is 5.56 Å². The molecule has 1 aromatic heterocycles. The molecule has 0 radical (unpaired) electrons. The predicted molar refractivity (Wildman–Crippen MR) is 47.9 cm³/mol. The second kappa shape index (κ2) is 3.61. The molecule has 0 unspecified atom stereocenters. The number of hydrogen-bond acceptors (Lipinski definition) is 3. The van der Waals surface area contributed by atoms with Crippen molar-refractivity contribution in [2.75, 3.05) is 0 Å². The fraction of sp³-hybridized carbons (Fsp3) is 0.125. The Labute approximate surface area is 69.7 Å². The highest BCUT2D eigenvalue weighted by Crippen LogP contribution is 2.06. The van der Waals surface area contributed by atoms with E-state index >= 15 is 0 Å². The van der Waals surface area contributed by atoms with E-state index in [1.54, 1.807) is 6.92 Å². The molecule has 0 saturated heterocycles. The smallest absolute Gasteiger partial charge is 0.276 e. The molecule has 0 amide bonds. The number of aromatic nitrogens is 2. The lowest BCUT2D eigenvalue weighted by molar-refractivity contribution is 1.06. The molecule has 0 aliphatic heterocycles. The third kappa shape index (κ3) is 1.66. The SMILES string of the molecule is C=CC=Nc1c(C)nc[nH]c1=O. The maximum absolute atomic E-state index is 11.1. The Morgan fingerprint density at radius 3 is 3.08 bits per heavy atom. The van der Waals surface area contributed by atoms with Gasteiger partial charge in [-0.1, -0.05) is 12.7 Å². The van der Waals surface area contributed by atoms with E-state index in [0.29, 0.717) is 11.4 Å². The molecule has 1 heterocycles. The molecule has 1 N–H and O–H groups in total. The molecule has 1 aromatic rings. The first-order chi connectivity index (χ1) is 5.75. The van der Waals surface area contributed by atoms with E-state index in [4.69, 9.17) is 0 Å². The van der Waals surface area contributed by atoms with Crippen molar-refractivity contribution < 1.29 is 0 Å². The standard InChI is InChI=1S/C8H9N3O/c1-3-4-9-7-6(2)10-5-11-8(7)12/h3-5H,1H2,2H3,(H,10,11,12). The number of hydrogen-bond donors (Lipinski definition) is 1. The fourth-order valence-corrected chi connectivity index (χ4v) is 0.761. The summed E-state index contributed by atoms with van der Waals surface area (Å²) in [5.74, 6) is 0. The quantitative estimate of drug-likeness (QED) is 0.660. The summed E-state index contributed by atoms with van der Waals surface area (Å²) in [6, 6.07) is 0. The molecule has 12 heavy (non-hydrogen) atoms. The maximum atomic E-state index is 11.1. The number of aliphatic imine (C=N–C) groups is 1. The van der Waals surface area contributed by atoms with Crippen LogP contribution in [0.2, 0.25) is 0 Å². The molecule has 0 aliphatic rings. The van der Waals surface area contributed by atoms with E-state index in [9.17, 15) is 4.79 Å². The van der Waals surface area contributed by atoms with Crippen molar-refractivity contribution in [3.8, 4) is 0 Å². The number of nitrogens with one attached hydrogen (secondary N) is 1. The summed E-state index contributed by atoms with van der Waals surface area (Å²) < 4.78 is 0. The monoisotopic (exact) mass is 163 g/mol. The third-order valence-electron chi connectivity index (χ3n) is 1.32. The van der Waals surface area contributed by atoms with E-state index in [1.165, 1.54) is 18.6 Å². The molecule has 4 heteroatoms. The van der Waals surface area contributed by atoms with E-state index in [0.717, 1.165) is 0 Å². The summed E-state index contributed by atoms with van der Waals surface area (Å²) >= 11 is 0. The molecule has 4 nitrogen and oxygen atoms in total. The first kappa shape index (κ1) is 8.39. The highest BCUT2D eigenvalue weighted by atomic mass is 16.1. The van der Waals surface area contributed by atoms with Crippen LogP contribution in [0.1, 0.15) is 5.69 Å². The van der Waals surface area contributed by atoms with Crippen LogP contribution in [-0.2, 0) is 0 Å². The summed E-state index contributed by atoms with van der Waals surface area (Å²) in [7, 11) is 0. The molecule has 0 fully saturated rings. The van der Waals surface area contributed by atoms with Crippen molar-refractivity contribution in [2.24, 2.45) is 4.99 Å². The second-order valence-electron chi connectivity index (χ2n) is 2.18. The van der Waals surface area contributed by atoms with Gasteiger partial charge >= 0.3 is 0 Å². The van der Waals surface area contributed by atoms with Gasteiger partial charge in [0.25, 0.3) is 5.56 Å². The fourth-order valence-electron chi connectivity index (χ4n) is 0.761. The van der Waals surface area contributed by atoms with Crippen molar-refractivity contribution in [1.29, 1.82) is 0 Å². The zero-order valence-corrected chi connectivity index (χ0v) is 6.74. The molecule has 0 bridgehead atoms. The van der Waals surface area contributed by atoms with Gasteiger partial charge < -0.3 is 4.98 Å². The molecule has 1 rings (SSSR count). The van der Waals surface area contributed by atoms with Crippen LogP contribution in [0.3, 0.4) is 0 Å². The van der Waals surface area contributed by atoms with Gasteiger partial charge in [0.2, 0.25) is 0 Å². The molecule has 0 spiro atoms. The van der Waals surface area contributed by atoms with Crippen molar-refractivity contribution in [1.82, 2.24) is 9.97 Å². The van der Waals surface area contributed by atoms with E-state index in [1.807, 2.05) is 0 Å². The van der Waals surface area contributed by atoms with Crippen LogP contribution in [0.4, 0.5) is 5.69 Å². The van der Waals surface area contributed by atoms with Crippen LogP contribution in [-0.4, -0.2) is 16.2 Å². The van der Waals surface area contributed by atoms with E-state index in [2.05, 4.69) is 21.5 Å². The average Bonchev–Trinajstić information content (AvgIpc) is 2.04. The van der Waals surface area contributed by atoms with Crippen LogP contribution >= 0.6 is 0 Å². The molecule has 0 aromatic carbocycles. The third-order valence-corrected chi connectivity index (χ3v) is 1.32. The number of rotatable bonds is 2. The average molecular weight is 163 g/mol. The Morgan fingerprint density at radius 1 is 1.75 bits per heavy atom. The van der Waals surface area contributed by atoms with E-state index < -0.39 is 0 Å². The summed E-state index contributed by atoms with van der Waals surface area (Å²) in [6.45, 7) is 5.18. The van der Waals surface area contributed by atoms with Crippen LogP contribution in [0, 0.1) is 6.92 Å². The van der Waals surface area contributed by atoms with Gasteiger partial charge in [0.15, 0.2) is 0 Å². The Bertz CT molecular complexity index is 365. The number of nitrogens with zero attached hydrogens (tertiary/aromatic N) is 2. The highest BCUT2D eigenvalue weighted by Gasteiger charge is 1.99. The largest absolute Gasteiger partial charge is 0.311 e. The predicted octanol–water partition coefficient (Wildman–Crippen LogP) is 0.967. The van der Waals surface area contributed by atoms with Crippen molar-refractivity contribution in [3.05, 3.63) is 35.0 Å². The maximum Gasteiger partial charge on any atom is 0.276 e. The molecule has 0 atom stereocenters. The van der Waals surface area contributed by atoms with Gasteiger partial charge in [0.05, 0.1) is 12.0 Å². The Kier molecular flexibility index (Phi) is 2.53. The number of aromatic amines is 1. The van der Waals surface area contributed by atoms with Gasteiger partial charge in [-0.2, -0.15) is 0 Å². The van der Waals surface area contributed by atoms with Crippen molar-refractivity contribution in [2.45, 2.75) is 6.92 Å². The minimum Gasteiger partial charge on any atom is -0.311 e. The summed E-state index contributed by atoms with van der Waals surface area (Å²) in [6.07, 6.45) is 4.32. The normalized spacial score (nSPS) is 10.4. The Morgan fingerprint density at radius 2 is 2.50 bits per heavy atom. The van der Waals surface area contributed by atoms with Crippen LogP contribution in [0.15, 0.2) is 28.8 Å². The van der Waals surface area contributed by atoms with Crippen LogP contribution in [0.25, 0.3) is 0 Å². The van der Waals surface area contributed by atoms with Gasteiger partial charge in [-0.05, 0) is 6.92 Å². The lowest BCUT2D eigenvalue weighted by Gasteiger charge is -1.94. The Hall–Kier alpha value is -1.71. The molecular weight excluding hydrogens is 154 g/mol. The Balaban J connectivity index is 3.21. The highest BCUT2D eigenvalue weighted by molar-refractivity contribution is 5.73. The first-order valence-corrected chi connectivity index (χ1v) is 3.45. The molecular formula is C8H9N3O. The van der Waals surface area contributed by atoms with Gasteiger partial charge in [0.1, 0.15) is 5.69 Å². The number of H-pyrrole nitrogens is 1. The molecule has 62 valence electrons. The van der Waals surface area contributed by atoms with Gasteiger partial charge in [-0.25, -0.2) is 9.98 Å². The lowest BCUT2D eigenvalue weighted by Crippen LogP contribution is -2.06. The zero-order valence-electron chi connectivity index (χ0n) is 6.74. The first-order valence-electron chi connectivity index (χ1n) is 3.45. The summed E-state index contributed by atoms with van der Waals surface area (Å²) in [5, 5.41) is 0. The number of allylic oxidation sites excluding steroid dienone is 1. The van der Waals surface area contributed by atoms with Crippen LogP contribution in [0.5, 0.6) is 0 Å². The van der Waals surface area contributed by atoms with Crippen LogP contribution < -0.4 is 5.56 Å². The minimum absolute atomic E-state index is 0.236.